The number of amides is 1. The number of halogens is 6. The first-order chi connectivity index (χ1) is 15.8. The summed E-state index contributed by atoms with van der Waals surface area (Å²) in [6, 6.07) is 13.6. The first-order valence-corrected chi connectivity index (χ1v) is 10.9. The van der Waals surface area contributed by atoms with E-state index >= 15 is 0 Å². The van der Waals surface area contributed by atoms with E-state index in [0.29, 0.717) is 10.4 Å². The highest BCUT2D eigenvalue weighted by Gasteiger charge is 2.33. The monoisotopic (exact) mass is 502 g/mol. The molecule has 5 nitrogen and oxygen atoms in total. The summed E-state index contributed by atoms with van der Waals surface area (Å²) in [5, 5.41) is 2.25. The molecule has 0 fully saturated rings. The second-order valence-electron chi connectivity index (χ2n) is 7.00. The van der Waals surface area contributed by atoms with Crippen molar-refractivity contribution < 1.29 is 39.6 Å². The zero-order valence-electron chi connectivity index (χ0n) is 17.1. The van der Waals surface area contributed by atoms with E-state index in [1.54, 1.807) is 0 Å². The van der Waals surface area contributed by atoms with Crippen molar-refractivity contribution in [1.82, 2.24) is 0 Å². The average Bonchev–Trinajstić information content (AvgIpc) is 2.77. The van der Waals surface area contributed by atoms with Gasteiger partial charge in [-0.1, -0.05) is 24.3 Å². The molecule has 12 heteroatoms. The van der Waals surface area contributed by atoms with E-state index in [1.807, 2.05) is 0 Å². The van der Waals surface area contributed by atoms with Crippen LogP contribution in [0.15, 0.2) is 83.8 Å². The molecule has 0 saturated carbocycles. The molecule has 0 bridgehead atoms. The average molecular weight is 502 g/mol. The number of carbonyl (C=O) groups excluding carboxylic acids is 1. The number of hydrogen-bond donors (Lipinski definition) is 1. The van der Waals surface area contributed by atoms with Crippen molar-refractivity contribution in [2.24, 2.45) is 0 Å². The molecule has 0 aliphatic rings. The molecule has 3 aromatic rings. The lowest BCUT2D eigenvalue weighted by atomic mass is 10.2. The van der Waals surface area contributed by atoms with Gasteiger partial charge in [-0.25, -0.2) is 8.42 Å². The summed E-state index contributed by atoms with van der Waals surface area (Å²) < 4.78 is 105. The molecule has 3 aromatic carbocycles. The second kappa shape index (κ2) is 9.37. The van der Waals surface area contributed by atoms with Crippen molar-refractivity contribution in [1.29, 1.82) is 0 Å². The molecule has 0 saturated heterocycles. The molecular formula is C22H16F6N2O3S. The van der Waals surface area contributed by atoms with Crippen LogP contribution < -0.4 is 9.62 Å². The fourth-order valence-electron chi connectivity index (χ4n) is 2.95. The zero-order valence-corrected chi connectivity index (χ0v) is 17.9. The number of anilines is 2. The zero-order chi connectivity index (χ0) is 25.1. The molecule has 0 spiro atoms. The van der Waals surface area contributed by atoms with E-state index in [-0.39, 0.29) is 10.6 Å². The van der Waals surface area contributed by atoms with Crippen molar-refractivity contribution in [2.45, 2.75) is 17.2 Å². The minimum Gasteiger partial charge on any atom is -0.325 e. The van der Waals surface area contributed by atoms with Crippen LogP contribution in [0.2, 0.25) is 0 Å². The molecular weight excluding hydrogens is 486 g/mol. The summed E-state index contributed by atoms with van der Waals surface area (Å²) in [4.78, 5) is 12.3. The largest absolute Gasteiger partial charge is 0.416 e. The molecule has 0 radical (unpaired) electrons. The van der Waals surface area contributed by atoms with E-state index in [0.717, 1.165) is 42.5 Å². The first kappa shape index (κ1) is 25.1. The standard InChI is InChI=1S/C22H16F6N2O3S/c23-21(24,25)15-9-11-17(12-10-15)29-20(31)14-30(34(32,33)19-7-2-1-3-8-19)18-6-4-5-16(13-18)22(26,27)28/h1-13H,14H2,(H,29,31). The van der Waals surface area contributed by atoms with Crippen molar-refractivity contribution in [2.75, 3.05) is 16.2 Å². The summed E-state index contributed by atoms with van der Waals surface area (Å²) in [7, 11) is -4.47. The van der Waals surface area contributed by atoms with Gasteiger partial charge in [0.25, 0.3) is 10.0 Å². The van der Waals surface area contributed by atoms with Gasteiger partial charge in [0.15, 0.2) is 0 Å². The second-order valence-corrected chi connectivity index (χ2v) is 8.86. The number of hydrogen-bond acceptors (Lipinski definition) is 3. The normalized spacial score (nSPS) is 12.3. The maximum Gasteiger partial charge on any atom is 0.416 e. The molecule has 0 atom stereocenters. The van der Waals surface area contributed by atoms with Gasteiger partial charge < -0.3 is 5.32 Å². The van der Waals surface area contributed by atoms with E-state index in [4.69, 9.17) is 0 Å². The number of nitrogens with zero attached hydrogens (tertiary/aromatic N) is 1. The molecule has 34 heavy (non-hydrogen) atoms. The van der Waals surface area contributed by atoms with Gasteiger partial charge in [0.05, 0.1) is 21.7 Å². The molecule has 1 amide bonds. The van der Waals surface area contributed by atoms with Crippen LogP contribution in [0, 0.1) is 0 Å². The van der Waals surface area contributed by atoms with Gasteiger partial charge in [0.2, 0.25) is 5.91 Å². The fraction of sp³-hybridized carbons (Fsp3) is 0.136. The fourth-order valence-corrected chi connectivity index (χ4v) is 4.38. The number of nitrogens with one attached hydrogen (secondary N) is 1. The van der Waals surface area contributed by atoms with Crippen molar-refractivity contribution in [3.05, 3.63) is 90.0 Å². The van der Waals surface area contributed by atoms with Gasteiger partial charge in [0.1, 0.15) is 6.54 Å². The lowest BCUT2D eigenvalue weighted by Crippen LogP contribution is -2.38. The van der Waals surface area contributed by atoms with Gasteiger partial charge >= 0.3 is 12.4 Å². The predicted molar refractivity (Wildman–Crippen MR) is 112 cm³/mol. The molecule has 0 aliphatic carbocycles. The topological polar surface area (TPSA) is 66.5 Å². The summed E-state index contributed by atoms with van der Waals surface area (Å²) in [5.41, 5.74) is -2.55. The van der Waals surface area contributed by atoms with Gasteiger partial charge in [-0.05, 0) is 54.6 Å². The number of sulfonamides is 1. The number of alkyl halides is 6. The van der Waals surface area contributed by atoms with Gasteiger partial charge in [-0.15, -0.1) is 0 Å². The van der Waals surface area contributed by atoms with Crippen LogP contribution in [0.4, 0.5) is 37.7 Å². The highest BCUT2D eigenvalue weighted by atomic mass is 32.2. The van der Waals surface area contributed by atoms with Gasteiger partial charge in [0, 0.05) is 5.69 Å². The van der Waals surface area contributed by atoms with Crippen LogP contribution in [0.1, 0.15) is 11.1 Å². The van der Waals surface area contributed by atoms with Crippen LogP contribution in [0.25, 0.3) is 0 Å². The number of benzene rings is 3. The molecule has 3 rings (SSSR count). The molecule has 0 aliphatic heterocycles. The van der Waals surface area contributed by atoms with Crippen LogP contribution in [-0.2, 0) is 27.2 Å². The Morgan fingerprint density at radius 1 is 0.765 bits per heavy atom. The smallest absolute Gasteiger partial charge is 0.325 e. The summed E-state index contributed by atoms with van der Waals surface area (Å²) in [5.74, 6) is -0.975. The van der Waals surface area contributed by atoms with Crippen molar-refractivity contribution >= 4 is 27.3 Å². The summed E-state index contributed by atoms with van der Waals surface area (Å²) in [6.45, 7) is -0.931. The van der Waals surface area contributed by atoms with E-state index in [9.17, 15) is 39.6 Å². The molecule has 0 unspecified atom stereocenters. The van der Waals surface area contributed by atoms with Crippen molar-refractivity contribution in [3.8, 4) is 0 Å². The predicted octanol–water partition coefficient (Wildman–Crippen LogP) is 5.56. The quantitative estimate of drug-likeness (QED) is 0.449. The van der Waals surface area contributed by atoms with Crippen LogP contribution >= 0.6 is 0 Å². The lowest BCUT2D eigenvalue weighted by molar-refractivity contribution is -0.138. The maximum atomic E-state index is 13.2. The van der Waals surface area contributed by atoms with Gasteiger partial charge in [-0.3, -0.25) is 9.10 Å². The van der Waals surface area contributed by atoms with E-state index in [1.165, 1.54) is 30.3 Å². The van der Waals surface area contributed by atoms with Crippen LogP contribution in [0.3, 0.4) is 0 Å². The SMILES string of the molecule is O=C(CN(c1cccc(C(F)(F)F)c1)S(=O)(=O)c1ccccc1)Nc1ccc(C(F)(F)F)cc1. The summed E-state index contributed by atoms with van der Waals surface area (Å²) >= 11 is 0. The third-order valence-corrected chi connectivity index (χ3v) is 6.36. The summed E-state index contributed by atoms with van der Waals surface area (Å²) in [6.07, 6.45) is -9.35. The number of rotatable bonds is 6. The molecule has 1 N–H and O–H groups in total. The minimum atomic E-state index is -4.76. The Hall–Kier alpha value is -3.54. The first-order valence-electron chi connectivity index (χ1n) is 9.50. The lowest BCUT2D eigenvalue weighted by Gasteiger charge is -2.25. The maximum absolute atomic E-state index is 13.2. The Balaban J connectivity index is 1.94. The highest BCUT2D eigenvalue weighted by Crippen LogP contribution is 2.33. The highest BCUT2D eigenvalue weighted by molar-refractivity contribution is 7.92. The third kappa shape index (κ3) is 5.87. The Kier molecular flexibility index (Phi) is 6.92. The Morgan fingerprint density at radius 2 is 1.35 bits per heavy atom. The Labute approximate surface area is 190 Å². The van der Waals surface area contributed by atoms with Crippen LogP contribution in [-0.4, -0.2) is 20.9 Å². The molecule has 180 valence electrons. The van der Waals surface area contributed by atoms with E-state index < -0.39 is 51.6 Å². The Morgan fingerprint density at radius 3 is 1.91 bits per heavy atom. The Bertz CT molecular complexity index is 1260. The third-order valence-electron chi connectivity index (χ3n) is 4.58. The van der Waals surface area contributed by atoms with Gasteiger partial charge in [-0.2, -0.15) is 26.3 Å². The molecule has 0 heterocycles. The number of carbonyl (C=O) groups is 1. The molecule has 0 aromatic heterocycles. The van der Waals surface area contributed by atoms with Crippen LogP contribution in [0.5, 0.6) is 0 Å². The minimum absolute atomic E-state index is 0.0564. The van der Waals surface area contributed by atoms with E-state index in [2.05, 4.69) is 5.32 Å². The van der Waals surface area contributed by atoms with Crippen molar-refractivity contribution in [3.63, 3.8) is 0 Å².